The summed E-state index contributed by atoms with van der Waals surface area (Å²) in [4.78, 5) is 57.1. The molecule has 3 aromatic carbocycles. The van der Waals surface area contributed by atoms with Crippen molar-refractivity contribution in [2.45, 2.75) is 69.1 Å². The standard InChI is InChI=1S/C35H40N4O6Si/c1-22-32(46(2,3)44)30(19-31(41)37-17-9-12-25(37)21-40)45-35(22)27-18-24(39-33(42)26-13-7-8-14-28(26)36-39)15-16-29(27)38(34(35)43)20-23-10-5-4-6-11-23/h4-8,10-11,13-16,18,22,25,30,32,36,40,44H,9,12,17,19-21H2,1-3H3/t22-,25+,30+,32-,35+/m1/s1. The zero-order valence-corrected chi connectivity index (χ0v) is 27.3. The molecule has 1 spiro atoms. The molecule has 0 unspecified atom stereocenters. The minimum Gasteiger partial charge on any atom is -0.432 e. The Morgan fingerprint density at radius 3 is 2.52 bits per heavy atom. The average molecular weight is 641 g/mol. The van der Waals surface area contributed by atoms with Crippen LogP contribution in [0.2, 0.25) is 18.6 Å². The van der Waals surface area contributed by atoms with Crippen molar-refractivity contribution in [1.82, 2.24) is 14.7 Å². The van der Waals surface area contributed by atoms with Gasteiger partial charge in [0.2, 0.25) is 5.91 Å². The Balaban J connectivity index is 1.35. The first kappa shape index (κ1) is 30.6. The number of aromatic nitrogens is 2. The quantitative estimate of drug-likeness (QED) is 0.262. The predicted octanol–water partition coefficient (Wildman–Crippen LogP) is 4.04. The third kappa shape index (κ3) is 4.76. The van der Waals surface area contributed by atoms with Crippen LogP contribution in [0.3, 0.4) is 0 Å². The van der Waals surface area contributed by atoms with Gasteiger partial charge in [0.1, 0.15) is 0 Å². The van der Waals surface area contributed by atoms with E-state index in [1.807, 2.05) is 86.7 Å². The highest BCUT2D eigenvalue weighted by molar-refractivity contribution is 6.71. The lowest BCUT2D eigenvalue weighted by Crippen LogP contribution is -2.46. The lowest BCUT2D eigenvalue weighted by Gasteiger charge is -2.33. The molecular formula is C35H40N4O6Si. The van der Waals surface area contributed by atoms with Gasteiger partial charge < -0.3 is 24.4 Å². The number of H-pyrrole nitrogens is 1. The van der Waals surface area contributed by atoms with Gasteiger partial charge in [0.15, 0.2) is 13.9 Å². The highest BCUT2D eigenvalue weighted by atomic mass is 28.4. The molecule has 0 saturated carbocycles. The molecule has 5 atom stereocenters. The number of rotatable bonds is 7. The van der Waals surface area contributed by atoms with Gasteiger partial charge in [-0.15, -0.1) is 0 Å². The van der Waals surface area contributed by atoms with Gasteiger partial charge in [0.05, 0.1) is 54.0 Å². The van der Waals surface area contributed by atoms with Crippen molar-refractivity contribution in [3.63, 3.8) is 0 Å². The van der Waals surface area contributed by atoms with E-state index in [0.29, 0.717) is 40.9 Å². The molecule has 7 rings (SSSR count). The predicted molar refractivity (Wildman–Crippen MR) is 177 cm³/mol. The number of amides is 2. The van der Waals surface area contributed by atoms with Gasteiger partial charge in [-0.1, -0.05) is 49.4 Å². The van der Waals surface area contributed by atoms with E-state index >= 15 is 0 Å². The SMILES string of the molecule is C[C@@H]1[C@@H]([Si](C)(C)O)[C@H](CC(=O)N2CCC[C@H]2CO)O[C@@]12C(=O)N(Cc1ccccc1)c1ccc(-n3[nH]c4ccccc4c3=O)cc12. The molecule has 1 aromatic heterocycles. The number of para-hydroxylation sites is 1. The number of aliphatic hydroxyl groups excluding tert-OH is 1. The van der Waals surface area contributed by atoms with E-state index in [-0.39, 0.29) is 36.4 Å². The maximum Gasteiger partial charge on any atom is 0.279 e. The molecule has 0 radical (unpaired) electrons. The fourth-order valence-corrected chi connectivity index (χ4v) is 10.8. The van der Waals surface area contributed by atoms with Crippen LogP contribution in [0.4, 0.5) is 5.69 Å². The van der Waals surface area contributed by atoms with Crippen LogP contribution < -0.4 is 10.5 Å². The smallest absolute Gasteiger partial charge is 0.279 e. The fraction of sp³-hybridized carbons (Fsp3) is 0.400. The Morgan fingerprint density at radius 2 is 1.80 bits per heavy atom. The van der Waals surface area contributed by atoms with Crippen LogP contribution in [0.25, 0.3) is 16.6 Å². The first-order chi connectivity index (χ1) is 22.0. The number of anilines is 1. The van der Waals surface area contributed by atoms with Crippen molar-refractivity contribution in [3.8, 4) is 5.69 Å². The summed E-state index contributed by atoms with van der Waals surface area (Å²) in [7, 11) is -3.01. The molecule has 240 valence electrons. The average Bonchev–Trinajstić information content (AvgIpc) is 3.78. The van der Waals surface area contributed by atoms with Crippen LogP contribution in [0.5, 0.6) is 0 Å². The highest BCUT2D eigenvalue weighted by Crippen LogP contribution is 2.60. The monoisotopic (exact) mass is 640 g/mol. The van der Waals surface area contributed by atoms with E-state index in [0.717, 1.165) is 18.4 Å². The van der Waals surface area contributed by atoms with Crippen LogP contribution in [-0.4, -0.2) is 70.0 Å². The molecule has 2 saturated heterocycles. The Morgan fingerprint density at radius 1 is 1.07 bits per heavy atom. The van der Waals surface area contributed by atoms with Crippen molar-refractivity contribution in [3.05, 3.63) is 94.3 Å². The van der Waals surface area contributed by atoms with E-state index in [1.54, 1.807) is 15.9 Å². The van der Waals surface area contributed by atoms with Gasteiger partial charge >= 0.3 is 0 Å². The highest BCUT2D eigenvalue weighted by Gasteiger charge is 2.66. The lowest BCUT2D eigenvalue weighted by molar-refractivity contribution is -0.150. The van der Waals surface area contributed by atoms with Crippen molar-refractivity contribution >= 4 is 36.7 Å². The Labute approximate surface area is 268 Å². The van der Waals surface area contributed by atoms with E-state index < -0.39 is 31.5 Å². The summed E-state index contributed by atoms with van der Waals surface area (Å²) in [6.07, 6.45) is 0.866. The van der Waals surface area contributed by atoms with E-state index in [4.69, 9.17) is 4.74 Å². The van der Waals surface area contributed by atoms with Crippen LogP contribution in [0.1, 0.15) is 37.3 Å². The topological polar surface area (TPSA) is 128 Å². The van der Waals surface area contributed by atoms with Gasteiger partial charge in [0, 0.05) is 23.6 Å². The number of ether oxygens (including phenoxy) is 1. The molecule has 4 heterocycles. The maximum absolute atomic E-state index is 14.8. The number of carbonyl (C=O) groups is 2. The number of fused-ring (bicyclic) bond motifs is 3. The summed E-state index contributed by atoms with van der Waals surface area (Å²) in [6, 6.07) is 22.3. The first-order valence-corrected chi connectivity index (χ1v) is 19.1. The second-order valence-corrected chi connectivity index (χ2v) is 17.5. The number of aliphatic hydroxyl groups is 1. The zero-order valence-electron chi connectivity index (χ0n) is 26.3. The molecule has 2 fully saturated rings. The Bertz CT molecular complexity index is 1870. The van der Waals surface area contributed by atoms with Crippen molar-refractivity contribution in [2.75, 3.05) is 18.1 Å². The van der Waals surface area contributed by atoms with Gasteiger partial charge in [0.25, 0.3) is 11.5 Å². The molecule has 0 aliphatic carbocycles. The van der Waals surface area contributed by atoms with Crippen LogP contribution in [0, 0.1) is 5.92 Å². The van der Waals surface area contributed by atoms with E-state index in [9.17, 15) is 24.3 Å². The fourth-order valence-electron chi connectivity index (χ4n) is 8.21. The summed E-state index contributed by atoms with van der Waals surface area (Å²) < 4.78 is 8.40. The van der Waals surface area contributed by atoms with Crippen LogP contribution in [0.15, 0.2) is 77.6 Å². The molecule has 10 nitrogen and oxygen atoms in total. The molecule has 0 bridgehead atoms. The molecule has 46 heavy (non-hydrogen) atoms. The maximum atomic E-state index is 14.8. The van der Waals surface area contributed by atoms with Crippen LogP contribution in [-0.2, 0) is 26.5 Å². The molecule has 3 aliphatic heterocycles. The number of benzene rings is 3. The third-order valence-electron chi connectivity index (χ3n) is 10.3. The summed E-state index contributed by atoms with van der Waals surface area (Å²) >= 11 is 0. The largest absolute Gasteiger partial charge is 0.432 e. The number of hydrogen-bond acceptors (Lipinski definition) is 6. The van der Waals surface area contributed by atoms with E-state index in [2.05, 4.69) is 5.10 Å². The summed E-state index contributed by atoms with van der Waals surface area (Å²) in [5.41, 5.74) is 1.40. The van der Waals surface area contributed by atoms with Crippen molar-refractivity contribution in [2.24, 2.45) is 5.92 Å². The number of likely N-dealkylation sites (tertiary alicyclic amines) is 1. The minimum absolute atomic E-state index is 0.00666. The number of nitrogens with zero attached hydrogens (tertiary/aromatic N) is 3. The zero-order chi connectivity index (χ0) is 32.4. The third-order valence-corrected chi connectivity index (χ3v) is 12.8. The second kappa shape index (κ2) is 11.3. The lowest BCUT2D eigenvalue weighted by atomic mass is 9.82. The molecule has 2 amide bonds. The second-order valence-electron chi connectivity index (χ2n) is 13.5. The van der Waals surface area contributed by atoms with Crippen molar-refractivity contribution < 1.29 is 24.2 Å². The van der Waals surface area contributed by atoms with Gasteiger partial charge in [-0.25, -0.2) is 4.68 Å². The number of aromatic amines is 1. The molecular weight excluding hydrogens is 600 g/mol. The molecule has 11 heteroatoms. The molecule has 3 N–H and O–H groups in total. The van der Waals surface area contributed by atoms with Crippen molar-refractivity contribution in [1.29, 1.82) is 0 Å². The normalized spacial score (nSPS) is 26.1. The van der Waals surface area contributed by atoms with E-state index in [1.165, 1.54) is 4.68 Å². The summed E-state index contributed by atoms with van der Waals surface area (Å²) in [6.45, 7) is 6.40. The number of carbonyl (C=O) groups excluding carboxylic acids is 2. The Kier molecular flexibility index (Phi) is 7.55. The number of nitrogens with one attached hydrogen (secondary N) is 1. The Hall–Kier alpha value is -4.03. The van der Waals surface area contributed by atoms with Crippen LogP contribution >= 0.6 is 0 Å². The van der Waals surface area contributed by atoms with Gasteiger partial charge in [-0.2, -0.15) is 0 Å². The minimum atomic E-state index is -3.01. The van der Waals surface area contributed by atoms with Gasteiger partial charge in [-0.3, -0.25) is 19.5 Å². The number of hydrogen-bond donors (Lipinski definition) is 3. The van der Waals surface area contributed by atoms with Gasteiger partial charge in [-0.05, 0) is 61.8 Å². The molecule has 4 aromatic rings. The first-order valence-electron chi connectivity index (χ1n) is 16.1. The summed E-state index contributed by atoms with van der Waals surface area (Å²) in [5, 5.41) is 13.6. The molecule has 3 aliphatic rings. The summed E-state index contributed by atoms with van der Waals surface area (Å²) in [5.74, 6) is -0.849.